The maximum absolute atomic E-state index is 14.2. The third kappa shape index (κ3) is 14.3. The summed E-state index contributed by atoms with van der Waals surface area (Å²) in [5.74, 6) is 0. The number of halogens is 6. The predicted octanol–water partition coefficient (Wildman–Crippen LogP) is 21.1. The Bertz CT molecular complexity index is 6050. The second-order valence-corrected chi connectivity index (χ2v) is 28.8. The highest BCUT2D eigenvalue weighted by Gasteiger charge is 2.46. The molecule has 548 valence electrons. The van der Waals surface area contributed by atoms with E-state index in [1.807, 2.05) is 175 Å². The van der Waals surface area contributed by atoms with Crippen LogP contribution in [0, 0.1) is 13.8 Å². The smallest absolute Gasteiger partial charge is 0.376 e. The lowest BCUT2D eigenvalue weighted by molar-refractivity contribution is -0.138. The molecule has 0 saturated heterocycles. The minimum Gasteiger partial charge on any atom is -0.376 e. The number of nitrogens with zero attached hydrogens (tertiary/aromatic N) is 4. The summed E-state index contributed by atoms with van der Waals surface area (Å²) in [5.41, 5.74) is 26.5. The number of hydrogen-bond acceptors (Lipinski definition) is 4. The molecule has 0 bridgehead atoms. The van der Waals surface area contributed by atoms with Gasteiger partial charge < -0.3 is 19.2 Å². The SMILES string of the molecule is Cc1ccc2c(c1)-c1ccccc1N(c1ccccc1)B2c1ccccc1.Cc1cccc2c1-c1ccccc1N(c1ccccc1)B2c1ccccc1.FC(F)(F)c1ccc2c(c1)B(c1ccccc1)N(c1ccccc1)c1ccccc1-2.FC(F)(F)c1cccc2c1B(c1ccccc1)N(c1ccccc1)c1ccccc1-2. The van der Waals surface area contributed by atoms with Gasteiger partial charge >= 0.3 is 39.7 Å². The van der Waals surface area contributed by atoms with Crippen LogP contribution in [0.3, 0.4) is 0 Å². The maximum atomic E-state index is 14.2. The normalized spacial score (nSPS) is 12.8. The van der Waals surface area contributed by atoms with E-state index in [9.17, 15) is 26.3 Å². The molecule has 0 aliphatic carbocycles. The average Bonchev–Trinajstić information content (AvgIpc) is 0.769. The fourth-order valence-corrected chi connectivity index (χ4v) is 17.1. The number of aryl methyl sites for hydroxylation is 2. The monoisotopic (exact) mass is 1490 g/mol. The molecule has 0 saturated carbocycles. The predicted molar refractivity (Wildman–Crippen MR) is 467 cm³/mol. The lowest BCUT2D eigenvalue weighted by atomic mass is 9.44. The standard InChI is InChI=1S/2C25H17BF3N.2C25H20BN/c27-25(28,29)22-16-9-15-21-20-14-7-8-17-23(20)30(19-12-5-2-6-13-19)26(24(21)22)18-10-3-1-4-11-18;27-25(28,29)18-15-16-21-22-13-7-8-14-24(22)30(20-11-5-2-6-12-20)26(23(21)17-18)19-9-3-1-4-10-19;1-19-11-10-17-23-25(19)22-16-8-9-18-24(22)27(21-14-6-3-7-15-21)26(23)20-12-4-2-5-13-20;1-19-16-17-24-23(18-19)22-14-8-9-15-25(22)27(21-12-6-3-7-13-21)26(24)20-10-4-2-5-11-20/h2*1-17H;2*2-18H,1H3. The number of benzene rings is 16. The van der Waals surface area contributed by atoms with E-state index in [1.54, 1.807) is 12.1 Å². The van der Waals surface area contributed by atoms with Crippen molar-refractivity contribution in [1.29, 1.82) is 0 Å². The molecule has 4 aliphatic heterocycles. The Morgan fingerprint density at radius 1 is 0.228 bits per heavy atom. The average molecular weight is 1490 g/mol. The zero-order valence-electron chi connectivity index (χ0n) is 62.6. The molecule has 0 fully saturated rings. The van der Waals surface area contributed by atoms with Gasteiger partial charge in [0.2, 0.25) is 0 Å². The molecular formula is C100H74B4F6N4. The van der Waals surface area contributed by atoms with Crippen LogP contribution in [0.4, 0.5) is 71.8 Å². The third-order valence-corrected chi connectivity index (χ3v) is 21.9. The molecule has 20 rings (SSSR count). The van der Waals surface area contributed by atoms with Crippen LogP contribution in [-0.4, -0.2) is 27.4 Å². The second-order valence-electron chi connectivity index (χ2n) is 28.8. The molecule has 4 heterocycles. The van der Waals surface area contributed by atoms with Crippen LogP contribution in [0.5, 0.6) is 0 Å². The van der Waals surface area contributed by atoms with Crippen molar-refractivity contribution < 1.29 is 26.3 Å². The van der Waals surface area contributed by atoms with Gasteiger partial charge in [-0.2, -0.15) is 26.3 Å². The van der Waals surface area contributed by atoms with Crippen molar-refractivity contribution in [1.82, 2.24) is 0 Å². The van der Waals surface area contributed by atoms with Crippen LogP contribution < -0.4 is 62.9 Å². The summed E-state index contributed by atoms with van der Waals surface area (Å²) in [6.45, 7) is 3.72. The summed E-state index contributed by atoms with van der Waals surface area (Å²) in [4.78, 5) is 9.10. The van der Waals surface area contributed by atoms with Crippen LogP contribution >= 0.6 is 0 Å². The van der Waals surface area contributed by atoms with Crippen LogP contribution in [0.1, 0.15) is 22.3 Å². The fourth-order valence-electron chi connectivity index (χ4n) is 17.1. The van der Waals surface area contributed by atoms with E-state index in [1.165, 1.54) is 102 Å². The molecule has 0 atom stereocenters. The number of hydrogen-bond donors (Lipinski definition) is 0. The topological polar surface area (TPSA) is 13.0 Å². The molecule has 0 N–H and O–H groups in total. The van der Waals surface area contributed by atoms with Gasteiger partial charge in [-0.3, -0.25) is 0 Å². The van der Waals surface area contributed by atoms with Crippen LogP contribution in [-0.2, 0) is 12.4 Å². The van der Waals surface area contributed by atoms with Crippen molar-refractivity contribution >= 4 is 117 Å². The van der Waals surface area contributed by atoms with Crippen molar-refractivity contribution in [2.75, 3.05) is 19.2 Å². The summed E-state index contributed by atoms with van der Waals surface area (Å²) in [7, 11) is 0. The van der Waals surface area contributed by atoms with Gasteiger partial charge in [0.15, 0.2) is 0 Å². The highest BCUT2D eigenvalue weighted by Crippen LogP contribution is 2.46. The Balaban J connectivity index is 0.000000110. The van der Waals surface area contributed by atoms with Crippen molar-refractivity contribution in [3.05, 3.63) is 435 Å². The zero-order valence-corrected chi connectivity index (χ0v) is 62.6. The first-order chi connectivity index (χ1) is 55.8. The Hall–Kier alpha value is -13.4. The molecule has 14 heteroatoms. The molecule has 16 aromatic rings. The summed E-state index contributed by atoms with van der Waals surface area (Å²) in [5, 5.41) is 0. The first-order valence-corrected chi connectivity index (χ1v) is 38.3. The summed E-state index contributed by atoms with van der Waals surface area (Å²) in [6, 6.07) is 137. The van der Waals surface area contributed by atoms with Gasteiger partial charge in [-0.1, -0.05) is 361 Å². The fraction of sp³-hybridized carbons (Fsp3) is 0.0400. The summed E-state index contributed by atoms with van der Waals surface area (Å²) in [6.07, 6.45) is -8.85. The van der Waals surface area contributed by atoms with E-state index in [-0.39, 0.29) is 20.5 Å². The van der Waals surface area contributed by atoms with E-state index >= 15 is 0 Å². The zero-order chi connectivity index (χ0) is 77.9. The number of rotatable bonds is 8. The minimum atomic E-state index is -4.45. The molecule has 0 spiro atoms. The molecule has 0 amide bonds. The Morgan fingerprint density at radius 2 is 0.561 bits per heavy atom. The van der Waals surface area contributed by atoms with Gasteiger partial charge in [-0.15, -0.1) is 0 Å². The molecule has 0 unspecified atom stereocenters. The highest BCUT2D eigenvalue weighted by atomic mass is 19.4. The highest BCUT2D eigenvalue weighted by molar-refractivity contribution is 6.93. The number of anilines is 8. The lowest BCUT2D eigenvalue weighted by Crippen LogP contribution is -2.59. The van der Waals surface area contributed by atoms with Crippen molar-refractivity contribution in [2.45, 2.75) is 26.2 Å². The van der Waals surface area contributed by atoms with Gasteiger partial charge in [0.25, 0.3) is 0 Å². The Labute approximate surface area is 663 Å². The first-order valence-electron chi connectivity index (χ1n) is 38.3. The van der Waals surface area contributed by atoms with E-state index in [0.29, 0.717) is 16.5 Å². The Kier molecular flexibility index (Phi) is 20.4. The summed E-state index contributed by atoms with van der Waals surface area (Å²) >= 11 is 0. The molecule has 0 radical (unpaired) electrons. The van der Waals surface area contributed by atoms with Crippen LogP contribution in [0.15, 0.2) is 413 Å². The van der Waals surface area contributed by atoms with E-state index in [4.69, 9.17) is 0 Å². The molecule has 16 aromatic carbocycles. The molecule has 4 nitrogen and oxygen atoms in total. The third-order valence-electron chi connectivity index (χ3n) is 21.9. The van der Waals surface area contributed by atoms with Crippen molar-refractivity contribution in [2.24, 2.45) is 0 Å². The molecular weight excluding hydrogens is 1410 g/mol. The van der Waals surface area contributed by atoms with Gasteiger partial charge in [-0.25, -0.2) is 0 Å². The molecule has 0 aromatic heterocycles. The van der Waals surface area contributed by atoms with Crippen LogP contribution in [0.25, 0.3) is 44.5 Å². The Morgan fingerprint density at radius 3 is 0.991 bits per heavy atom. The van der Waals surface area contributed by atoms with E-state index in [2.05, 4.69) is 235 Å². The van der Waals surface area contributed by atoms with Gasteiger partial charge in [0.1, 0.15) is 0 Å². The lowest BCUT2D eigenvalue weighted by Gasteiger charge is -2.40. The van der Waals surface area contributed by atoms with Crippen molar-refractivity contribution in [3.63, 3.8) is 0 Å². The molecule has 4 aliphatic rings. The number of para-hydroxylation sites is 8. The van der Waals surface area contributed by atoms with Crippen LogP contribution in [0.2, 0.25) is 0 Å². The van der Waals surface area contributed by atoms with E-state index in [0.717, 1.165) is 50.4 Å². The van der Waals surface area contributed by atoms with Gasteiger partial charge in [-0.05, 0) is 142 Å². The minimum absolute atomic E-state index is 0.151. The van der Waals surface area contributed by atoms with Gasteiger partial charge in [0.05, 0.1) is 11.1 Å². The van der Waals surface area contributed by atoms with Gasteiger partial charge in [0, 0.05) is 67.8 Å². The quantitative estimate of drug-likeness (QED) is 0.111. The maximum Gasteiger partial charge on any atom is 0.416 e. The number of alkyl halides is 6. The van der Waals surface area contributed by atoms with E-state index < -0.39 is 30.3 Å². The second kappa shape index (κ2) is 31.7. The first kappa shape index (κ1) is 73.4. The number of fused-ring (bicyclic) bond motifs is 12. The van der Waals surface area contributed by atoms with Crippen molar-refractivity contribution in [3.8, 4) is 44.5 Å². The molecule has 114 heavy (non-hydrogen) atoms. The largest absolute Gasteiger partial charge is 0.416 e. The summed E-state index contributed by atoms with van der Waals surface area (Å²) < 4.78 is 83.2.